The van der Waals surface area contributed by atoms with Crippen molar-refractivity contribution in [3.8, 4) is 11.1 Å². The summed E-state index contributed by atoms with van der Waals surface area (Å²) in [5.74, 6) is -1.24. The van der Waals surface area contributed by atoms with Gasteiger partial charge in [0.2, 0.25) is 0 Å². The summed E-state index contributed by atoms with van der Waals surface area (Å²) in [7, 11) is 0. The van der Waals surface area contributed by atoms with Gasteiger partial charge in [-0.3, -0.25) is 0 Å². The van der Waals surface area contributed by atoms with Crippen molar-refractivity contribution >= 4 is 17.6 Å². The Bertz CT molecular complexity index is 643. The summed E-state index contributed by atoms with van der Waals surface area (Å²) >= 11 is 5.98. The van der Waals surface area contributed by atoms with Crippen molar-refractivity contribution in [2.45, 2.75) is 25.0 Å². The van der Waals surface area contributed by atoms with Crippen molar-refractivity contribution < 1.29 is 15.0 Å². The molecule has 2 aromatic carbocycles. The second-order valence-corrected chi connectivity index (χ2v) is 5.70. The number of hydrogen-bond acceptors (Lipinski definition) is 3. The van der Waals surface area contributed by atoms with Crippen LogP contribution in [0.2, 0.25) is 5.02 Å². The number of hydrogen-bond donors (Lipinski definition) is 3. The van der Waals surface area contributed by atoms with Crippen LogP contribution < -0.4 is 5.73 Å². The molecule has 4 N–H and O–H groups in total. The van der Waals surface area contributed by atoms with Crippen LogP contribution in [0, 0.1) is 0 Å². The van der Waals surface area contributed by atoms with Gasteiger partial charge in [-0.05, 0) is 41.7 Å². The number of aliphatic hydroxyl groups is 1. The Morgan fingerprint density at radius 2 is 1.82 bits per heavy atom. The molecule has 0 aromatic heterocycles. The van der Waals surface area contributed by atoms with Crippen LogP contribution in [0.3, 0.4) is 0 Å². The van der Waals surface area contributed by atoms with E-state index in [2.05, 4.69) is 0 Å². The average Bonchev–Trinajstić information content (AvgIpc) is 2.47. The van der Waals surface area contributed by atoms with E-state index in [1.165, 1.54) is 0 Å². The molecule has 0 spiro atoms. The molecule has 22 heavy (non-hydrogen) atoms. The molecule has 0 saturated carbocycles. The number of aliphatic hydroxyl groups excluding tert-OH is 1. The van der Waals surface area contributed by atoms with Gasteiger partial charge in [0, 0.05) is 11.1 Å². The minimum absolute atomic E-state index is 0.0331. The molecular formula is C17H18ClNO3. The van der Waals surface area contributed by atoms with Crippen LogP contribution in [0.25, 0.3) is 11.1 Å². The number of benzene rings is 2. The smallest absolute Gasteiger partial charge is 0.332 e. The van der Waals surface area contributed by atoms with E-state index in [1.54, 1.807) is 0 Å². The molecule has 0 aliphatic carbocycles. The predicted molar refractivity (Wildman–Crippen MR) is 86.8 cm³/mol. The summed E-state index contributed by atoms with van der Waals surface area (Å²) in [6.07, 6.45) is -0.869. The summed E-state index contributed by atoms with van der Waals surface area (Å²) in [5.41, 5.74) is 8.95. The number of aliphatic carboxylic acids is 1. The highest BCUT2D eigenvalue weighted by molar-refractivity contribution is 6.30. The Hall–Kier alpha value is -1.88. The van der Waals surface area contributed by atoms with Crippen molar-refractivity contribution in [1.82, 2.24) is 0 Å². The fourth-order valence-electron chi connectivity index (χ4n) is 2.27. The molecule has 0 saturated heterocycles. The number of carboxylic acids is 1. The van der Waals surface area contributed by atoms with Gasteiger partial charge in [0.15, 0.2) is 6.10 Å². The van der Waals surface area contributed by atoms with Gasteiger partial charge < -0.3 is 15.9 Å². The highest BCUT2D eigenvalue weighted by Crippen LogP contribution is 2.23. The van der Waals surface area contributed by atoms with Crippen LogP contribution in [0.5, 0.6) is 0 Å². The lowest BCUT2D eigenvalue weighted by Gasteiger charge is -2.14. The maximum Gasteiger partial charge on any atom is 0.332 e. The normalized spacial score (nSPS) is 13.6. The summed E-state index contributed by atoms with van der Waals surface area (Å²) in [6.45, 7) is 0. The fourth-order valence-corrected chi connectivity index (χ4v) is 2.47. The lowest BCUT2D eigenvalue weighted by Crippen LogP contribution is -2.32. The first-order valence-electron chi connectivity index (χ1n) is 6.97. The molecule has 1 unspecified atom stereocenters. The van der Waals surface area contributed by atoms with Crippen LogP contribution in [-0.2, 0) is 11.2 Å². The topological polar surface area (TPSA) is 83.5 Å². The van der Waals surface area contributed by atoms with Gasteiger partial charge in [-0.15, -0.1) is 0 Å². The first kappa shape index (κ1) is 16.5. The van der Waals surface area contributed by atoms with E-state index in [-0.39, 0.29) is 6.42 Å². The van der Waals surface area contributed by atoms with Gasteiger partial charge in [-0.1, -0.05) is 48.0 Å². The van der Waals surface area contributed by atoms with E-state index in [0.717, 1.165) is 16.7 Å². The Balaban J connectivity index is 2.01. The van der Waals surface area contributed by atoms with Gasteiger partial charge in [0.25, 0.3) is 0 Å². The summed E-state index contributed by atoms with van der Waals surface area (Å²) < 4.78 is 0. The zero-order valence-electron chi connectivity index (χ0n) is 11.9. The zero-order chi connectivity index (χ0) is 16.1. The third kappa shape index (κ3) is 4.56. The summed E-state index contributed by atoms with van der Waals surface area (Å²) in [4.78, 5) is 10.6. The number of rotatable bonds is 6. The van der Waals surface area contributed by atoms with Gasteiger partial charge in [0.05, 0.1) is 0 Å². The minimum Gasteiger partial charge on any atom is -0.479 e. The van der Waals surface area contributed by atoms with Gasteiger partial charge >= 0.3 is 5.97 Å². The Morgan fingerprint density at radius 3 is 2.41 bits per heavy atom. The molecule has 5 heteroatoms. The van der Waals surface area contributed by atoms with E-state index in [9.17, 15) is 9.90 Å². The molecule has 2 atom stereocenters. The molecule has 0 aliphatic rings. The SMILES string of the molecule is N[C@H](Cc1ccc(-c2cccc(Cl)c2)cc1)CC(O)C(=O)O. The van der Waals surface area contributed by atoms with E-state index >= 15 is 0 Å². The monoisotopic (exact) mass is 319 g/mol. The molecule has 0 radical (unpaired) electrons. The van der Waals surface area contributed by atoms with Crippen LogP contribution in [0.1, 0.15) is 12.0 Å². The molecule has 116 valence electrons. The molecule has 0 bridgehead atoms. The van der Waals surface area contributed by atoms with E-state index in [1.807, 2.05) is 48.5 Å². The lowest BCUT2D eigenvalue weighted by molar-refractivity contribution is -0.147. The Kier molecular flexibility index (Phi) is 5.55. The van der Waals surface area contributed by atoms with Crippen molar-refractivity contribution in [1.29, 1.82) is 0 Å². The van der Waals surface area contributed by atoms with Crippen LogP contribution in [-0.4, -0.2) is 28.3 Å². The van der Waals surface area contributed by atoms with Crippen molar-refractivity contribution in [2.24, 2.45) is 5.73 Å². The molecule has 0 aliphatic heterocycles. The third-order valence-electron chi connectivity index (χ3n) is 3.42. The number of halogens is 1. The van der Waals surface area contributed by atoms with Crippen molar-refractivity contribution in [2.75, 3.05) is 0 Å². The highest BCUT2D eigenvalue weighted by Gasteiger charge is 2.17. The third-order valence-corrected chi connectivity index (χ3v) is 3.66. The maximum absolute atomic E-state index is 10.6. The lowest BCUT2D eigenvalue weighted by atomic mass is 9.98. The zero-order valence-corrected chi connectivity index (χ0v) is 12.7. The van der Waals surface area contributed by atoms with Crippen molar-refractivity contribution in [3.63, 3.8) is 0 Å². The highest BCUT2D eigenvalue weighted by atomic mass is 35.5. The van der Waals surface area contributed by atoms with Gasteiger partial charge in [-0.2, -0.15) is 0 Å². The average molecular weight is 320 g/mol. The van der Waals surface area contributed by atoms with E-state index in [4.69, 9.17) is 22.4 Å². The van der Waals surface area contributed by atoms with E-state index < -0.39 is 18.1 Å². The second-order valence-electron chi connectivity index (χ2n) is 5.26. The molecule has 0 amide bonds. The Morgan fingerprint density at radius 1 is 1.14 bits per heavy atom. The summed E-state index contributed by atoms with van der Waals surface area (Å²) in [5, 5.41) is 18.7. The standard InChI is InChI=1S/C17H18ClNO3/c18-14-3-1-2-13(9-14)12-6-4-11(5-7-12)8-15(19)10-16(20)17(21)22/h1-7,9,15-16,20H,8,10,19H2,(H,21,22)/t15-,16?/m1/s1. The van der Waals surface area contributed by atoms with Crippen LogP contribution in [0.4, 0.5) is 0 Å². The van der Waals surface area contributed by atoms with Crippen molar-refractivity contribution in [3.05, 3.63) is 59.1 Å². The minimum atomic E-state index is -1.42. The van der Waals surface area contributed by atoms with E-state index in [0.29, 0.717) is 11.4 Å². The molecule has 2 aromatic rings. The molecular weight excluding hydrogens is 302 g/mol. The molecule has 4 nitrogen and oxygen atoms in total. The van der Waals surface area contributed by atoms with Gasteiger partial charge in [-0.25, -0.2) is 4.79 Å². The molecule has 2 rings (SSSR count). The largest absolute Gasteiger partial charge is 0.479 e. The number of carbonyl (C=O) groups is 1. The molecule has 0 heterocycles. The Labute approximate surface area is 134 Å². The first-order valence-corrected chi connectivity index (χ1v) is 7.35. The van der Waals surface area contributed by atoms with Crippen LogP contribution >= 0.6 is 11.6 Å². The van der Waals surface area contributed by atoms with Crippen LogP contribution in [0.15, 0.2) is 48.5 Å². The first-order chi connectivity index (χ1) is 10.5. The fraction of sp³-hybridized carbons (Fsp3) is 0.235. The quantitative estimate of drug-likeness (QED) is 0.764. The van der Waals surface area contributed by atoms with Gasteiger partial charge in [0.1, 0.15) is 0 Å². The second kappa shape index (κ2) is 7.40. The maximum atomic E-state index is 10.6. The number of carboxylic acid groups (broad SMARTS) is 1. The predicted octanol–water partition coefficient (Wildman–Crippen LogP) is 2.71. The summed E-state index contributed by atoms with van der Waals surface area (Å²) in [6, 6.07) is 15.0. The number of nitrogens with two attached hydrogens (primary N) is 1. The molecule has 0 fully saturated rings.